The van der Waals surface area contributed by atoms with Crippen LogP contribution in [0, 0.1) is 23.7 Å². The van der Waals surface area contributed by atoms with Crippen LogP contribution in [0.15, 0.2) is 0 Å². The van der Waals surface area contributed by atoms with Gasteiger partial charge in [-0.15, -0.1) is 0 Å². The van der Waals surface area contributed by atoms with Gasteiger partial charge in [-0.1, -0.05) is 357 Å². The molecule has 0 spiro atoms. The van der Waals surface area contributed by atoms with E-state index in [0.717, 1.165) is 114 Å². The quantitative estimate of drug-likeness (QED) is 0.0222. The fourth-order valence-corrected chi connectivity index (χ4v) is 13.8. The highest BCUT2D eigenvalue weighted by Gasteiger charge is 2.30. The maximum absolute atomic E-state index is 13.1. The molecule has 0 aliphatic rings. The number of aliphatic hydroxyl groups is 1. The van der Waals surface area contributed by atoms with E-state index in [0.29, 0.717) is 31.6 Å². The normalized spacial score (nSPS) is 14.6. The van der Waals surface area contributed by atoms with Crippen LogP contribution >= 0.6 is 15.6 Å². The second-order valence-electron chi connectivity index (χ2n) is 30.2. The van der Waals surface area contributed by atoms with Crippen molar-refractivity contribution in [1.82, 2.24) is 0 Å². The maximum atomic E-state index is 13.1. The Morgan fingerprint density at radius 1 is 0.283 bits per heavy atom. The summed E-state index contributed by atoms with van der Waals surface area (Å²) in [4.78, 5) is 72.9. The molecule has 0 rings (SSSR count). The number of aliphatic hydroxyl groups excluding tert-OH is 1. The third kappa shape index (κ3) is 71.5. The second kappa shape index (κ2) is 69.1. The Balaban J connectivity index is 5.18. The Morgan fingerprint density at radius 3 is 0.717 bits per heavy atom. The zero-order chi connectivity index (χ0) is 73.1. The summed E-state index contributed by atoms with van der Waals surface area (Å²) in [6, 6.07) is 0. The largest absolute Gasteiger partial charge is 0.472 e. The summed E-state index contributed by atoms with van der Waals surface area (Å²) >= 11 is 0. The molecule has 0 aliphatic carbocycles. The first-order valence-corrected chi connectivity index (χ1v) is 44.3. The molecule has 0 heterocycles. The van der Waals surface area contributed by atoms with E-state index in [2.05, 4.69) is 55.4 Å². The molecular formula is C80H156O17P2. The van der Waals surface area contributed by atoms with Crippen LogP contribution in [0.5, 0.6) is 0 Å². The number of hydrogen-bond donors (Lipinski definition) is 3. The van der Waals surface area contributed by atoms with Crippen LogP contribution in [-0.4, -0.2) is 96.7 Å². The number of esters is 4. The van der Waals surface area contributed by atoms with E-state index in [1.54, 1.807) is 0 Å². The predicted octanol–water partition coefficient (Wildman–Crippen LogP) is 23.6. The smallest absolute Gasteiger partial charge is 0.462 e. The van der Waals surface area contributed by atoms with E-state index in [-0.39, 0.29) is 25.7 Å². The molecule has 0 aliphatic heterocycles. The van der Waals surface area contributed by atoms with Crippen molar-refractivity contribution in [2.24, 2.45) is 23.7 Å². The third-order valence-corrected chi connectivity index (χ3v) is 21.2. The molecule has 0 amide bonds. The molecule has 588 valence electrons. The van der Waals surface area contributed by atoms with E-state index in [1.165, 1.54) is 205 Å². The summed E-state index contributed by atoms with van der Waals surface area (Å²) < 4.78 is 68.6. The van der Waals surface area contributed by atoms with Crippen molar-refractivity contribution < 1.29 is 80.2 Å². The molecule has 0 radical (unpaired) electrons. The first kappa shape index (κ1) is 97.1. The summed E-state index contributed by atoms with van der Waals surface area (Å²) in [6.45, 7) is 14.2. The van der Waals surface area contributed by atoms with Crippen molar-refractivity contribution in [3.63, 3.8) is 0 Å². The molecule has 0 aromatic heterocycles. The van der Waals surface area contributed by atoms with Crippen molar-refractivity contribution in [3.8, 4) is 0 Å². The molecule has 0 bridgehead atoms. The van der Waals surface area contributed by atoms with Gasteiger partial charge in [-0.2, -0.15) is 0 Å². The van der Waals surface area contributed by atoms with Crippen molar-refractivity contribution >= 4 is 39.5 Å². The lowest BCUT2D eigenvalue weighted by atomic mass is 9.99. The highest BCUT2D eigenvalue weighted by atomic mass is 31.2. The minimum atomic E-state index is -4.96. The van der Waals surface area contributed by atoms with Gasteiger partial charge >= 0.3 is 39.5 Å². The Hall–Kier alpha value is -1.94. The van der Waals surface area contributed by atoms with Gasteiger partial charge < -0.3 is 33.8 Å². The van der Waals surface area contributed by atoms with Crippen LogP contribution < -0.4 is 0 Å². The molecule has 19 heteroatoms. The lowest BCUT2D eigenvalue weighted by Crippen LogP contribution is -2.30. The van der Waals surface area contributed by atoms with Crippen LogP contribution in [0.1, 0.15) is 409 Å². The Bertz CT molecular complexity index is 1940. The molecule has 0 saturated heterocycles. The maximum Gasteiger partial charge on any atom is 0.472 e. The van der Waals surface area contributed by atoms with Gasteiger partial charge in [0.1, 0.15) is 19.3 Å². The Labute approximate surface area is 607 Å². The number of phosphoric acid groups is 2. The van der Waals surface area contributed by atoms with Crippen LogP contribution in [0.25, 0.3) is 0 Å². The summed E-state index contributed by atoms with van der Waals surface area (Å²) in [5.74, 6) is 1.00. The zero-order valence-electron chi connectivity index (χ0n) is 65.1. The predicted molar refractivity (Wildman–Crippen MR) is 404 cm³/mol. The van der Waals surface area contributed by atoms with Crippen molar-refractivity contribution in [3.05, 3.63) is 0 Å². The number of phosphoric ester groups is 2. The molecule has 0 aromatic rings. The van der Waals surface area contributed by atoms with E-state index in [9.17, 15) is 43.2 Å². The summed E-state index contributed by atoms with van der Waals surface area (Å²) in [5, 5.41) is 10.6. The Kier molecular flexibility index (Phi) is 67.8. The average molecular weight is 1450 g/mol. The van der Waals surface area contributed by atoms with Gasteiger partial charge in [-0.3, -0.25) is 37.3 Å². The van der Waals surface area contributed by atoms with Gasteiger partial charge in [0.05, 0.1) is 26.4 Å². The van der Waals surface area contributed by atoms with Crippen LogP contribution in [-0.2, 0) is 65.4 Å². The second-order valence-corrected chi connectivity index (χ2v) is 33.1. The molecular weight excluding hydrogens is 1290 g/mol. The minimum Gasteiger partial charge on any atom is -0.462 e. The molecule has 3 N–H and O–H groups in total. The molecule has 17 nitrogen and oxygen atoms in total. The number of carbonyl (C=O) groups excluding carboxylic acids is 4. The molecule has 0 saturated carbocycles. The van der Waals surface area contributed by atoms with E-state index in [4.69, 9.17) is 37.0 Å². The fourth-order valence-electron chi connectivity index (χ4n) is 12.2. The summed E-state index contributed by atoms with van der Waals surface area (Å²) in [6.07, 6.45) is 55.6. The van der Waals surface area contributed by atoms with Gasteiger partial charge in [0.25, 0.3) is 0 Å². The summed E-state index contributed by atoms with van der Waals surface area (Å²) in [7, 11) is -9.92. The standard InChI is InChI=1S/C80H156O17P2/c1-9-72(7)58-50-42-33-27-21-17-15-13-11-12-14-16-18-22-29-35-44-52-60-77(82)90-66-75(96-80(85)63-55-47-37-31-25-24-28-34-43-51-59-73(8)10-2)68-94-98(86,87)92-64-74(81)65-93-99(88,89)95-69-76(67-91-78(83)61-53-45-39-38-41-49-57-71(5)6)97-79(84)62-54-46-36-30-23-19-20-26-32-40-48-56-70(3)4/h70-76,81H,9-69H2,1-8H3,(H,86,87)(H,88,89)/t72?,73?,74-,75-,76-/m1/s1. The number of rotatable bonds is 77. The van der Waals surface area contributed by atoms with Gasteiger partial charge in [-0.05, 0) is 49.4 Å². The minimum absolute atomic E-state index is 0.105. The molecule has 0 aromatic carbocycles. The van der Waals surface area contributed by atoms with E-state index < -0.39 is 97.5 Å². The monoisotopic (exact) mass is 1450 g/mol. The topological polar surface area (TPSA) is 237 Å². The van der Waals surface area contributed by atoms with Crippen LogP contribution in [0.4, 0.5) is 0 Å². The van der Waals surface area contributed by atoms with Crippen molar-refractivity contribution in [1.29, 1.82) is 0 Å². The average Bonchev–Trinajstić information content (AvgIpc) is 1.000. The number of hydrogen-bond acceptors (Lipinski definition) is 15. The summed E-state index contributed by atoms with van der Waals surface area (Å²) in [5.41, 5.74) is 0. The van der Waals surface area contributed by atoms with E-state index >= 15 is 0 Å². The molecule has 99 heavy (non-hydrogen) atoms. The highest BCUT2D eigenvalue weighted by Crippen LogP contribution is 2.45. The van der Waals surface area contributed by atoms with E-state index in [1.807, 2.05) is 0 Å². The molecule has 0 fully saturated rings. The van der Waals surface area contributed by atoms with Crippen LogP contribution in [0.3, 0.4) is 0 Å². The lowest BCUT2D eigenvalue weighted by molar-refractivity contribution is -0.161. The fraction of sp³-hybridized carbons (Fsp3) is 0.950. The van der Waals surface area contributed by atoms with Gasteiger partial charge in [0, 0.05) is 25.7 Å². The first-order chi connectivity index (χ1) is 47.7. The number of carbonyl (C=O) groups is 4. The van der Waals surface area contributed by atoms with Crippen molar-refractivity contribution in [2.45, 2.75) is 427 Å². The lowest BCUT2D eigenvalue weighted by Gasteiger charge is -2.21. The van der Waals surface area contributed by atoms with Gasteiger partial charge in [0.15, 0.2) is 12.2 Å². The van der Waals surface area contributed by atoms with Gasteiger partial charge in [-0.25, -0.2) is 9.13 Å². The zero-order valence-corrected chi connectivity index (χ0v) is 66.9. The molecule has 7 atom stereocenters. The number of unbranched alkanes of at least 4 members (excludes halogenated alkanes) is 41. The first-order valence-electron chi connectivity index (χ1n) is 41.3. The molecule has 4 unspecified atom stereocenters. The highest BCUT2D eigenvalue weighted by molar-refractivity contribution is 7.47. The van der Waals surface area contributed by atoms with Crippen LogP contribution in [0.2, 0.25) is 0 Å². The SMILES string of the molecule is CCC(C)CCCCCCCCCCCCCCCCCCCCC(=O)OC[C@H](COP(=O)(O)OC[C@@H](O)COP(=O)(O)OC[C@@H](COC(=O)CCCCCCCCC(C)C)OC(=O)CCCCCCCCCCCCCC(C)C)OC(=O)CCCCCCCCCCCCC(C)CC. The third-order valence-electron chi connectivity index (χ3n) is 19.3. The number of ether oxygens (including phenoxy) is 4. The Morgan fingerprint density at radius 2 is 0.485 bits per heavy atom. The van der Waals surface area contributed by atoms with Gasteiger partial charge in [0.2, 0.25) is 0 Å². The van der Waals surface area contributed by atoms with Crippen molar-refractivity contribution in [2.75, 3.05) is 39.6 Å².